The quantitative estimate of drug-likeness (QED) is 0.809. The molecule has 106 valence electrons. The van der Waals surface area contributed by atoms with Gasteiger partial charge in [0.05, 0.1) is 12.8 Å². The van der Waals surface area contributed by atoms with Crippen molar-refractivity contribution in [2.75, 3.05) is 12.4 Å². The summed E-state index contributed by atoms with van der Waals surface area (Å²) in [5.74, 6) is 0.0153. The molecular weight excluding hydrogens is 258 g/mol. The highest BCUT2D eigenvalue weighted by Gasteiger charge is 2.39. The summed E-state index contributed by atoms with van der Waals surface area (Å²) in [6.45, 7) is 2.04. The molecule has 1 aromatic rings. The number of anilines is 1. The van der Waals surface area contributed by atoms with E-state index in [9.17, 15) is 9.59 Å². The predicted octanol–water partition coefficient (Wildman–Crippen LogP) is 2.39. The highest BCUT2D eigenvalue weighted by Crippen LogP contribution is 2.39. The zero-order chi connectivity index (χ0) is 14.7. The first kappa shape index (κ1) is 14.1. The van der Waals surface area contributed by atoms with Crippen LogP contribution in [0.25, 0.3) is 6.08 Å². The molecule has 2 N–H and O–H groups in total. The molecule has 1 fully saturated rings. The monoisotopic (exact) mass is 275 g/mol. The summed E-state index contributed by atoms with van der Waals surface area (Å²) in [5.41, 5.74) is 1.25. The molecule has 1 amide bonds. The molecule has 1 aliphatic rings. The van der Waals surface area contributed by atoms with Crippen LogP contribution in [-0.4, -0.2) is 24.1 Å². The lowest BCUT2D eigenvalue weighted by Gasteiger charge is -2.11. The molecule has 1 aromatic carbocycles. The lowest BCUT2D eigenvalue weighted by atomic mass is 10.1. The summed E-state index contributed by atoms with van der Waals surface area (Å²) in [7, 11) is 1.53. The number of amides is 1. The molecule has 0 aliphatic heterocycles. The fourth-order valence-corrected chi connectivity index (χ4v) is 2.01. The Kier molecular flexibility index (Phi) is 4.08. The summed E-state index contributed by atoms with van der Waals surface area (Å²) in [6.07, 6.45) is 3.43. The number of nitrogens with one attached hydrogen (secondary N) is 1. The molecule has 0 radical (unpaired) electrons. The molecular formula is C15H17NO4. The van der Waals surface area contributed by atoms with Crippen LogP contribution in [0.2, 0.25) is 0 Å². The van der Waals surface area contributed by atoms with Crippen LogP contribution >= 0.6 is 0 Å². The minimum absolute atomic E-state index is 0.0184. The Bertz CT molecular complexity index is 565. The van der Waals surface area contributed by atoms with E-state index in [1.54, 1.807) is 18.2 Å². The van der Waals surface area contributed by atoms with E-state index in [1.807, 2.05) is 6.92 Å². The number of carboxylic acids is 1. The van der Waals surface area contributed by atoms with E-state index in [2.05, 4.69) is 5.32 Å². The molecule has 0 aromatic heterocycles. The van der Waals surface area contributed by atoms with Gasteiger partial charge in [-0.1, -0.05) is 13.0 Å². The Morgan fingerprint density at radius 2 is 2.15 bits per heavy atom. The third kappa shape index (κ3) is 3.38. The number of methoxy groups -OCH3 is 1. The zero-order valence-electron chi connectivity index (χ0n) is 11.4. The molecule has 2 unspecified atom stereocenters. The second-order valence-electron chi connectivity index (χ2n) is 4.94. The van der Waals surface area contributed by atoms with Crippen molar-refractivity contribution in [2.45, 2.75) is 13.3 Å². The molecule has 0 saturated heterocycles. The zero-order valence-corrected chi connectivity index (χ0v) is 11.4. The number of rotatable bonds is 5. The largest absolute Gasteiger partial charge is 0.495 e. The van der Waals surface area contributed by atoms with Crippen molar-refractivity contribution in [3.05, 3.63) is 29.8 Å². The van der Waals surface area contributed by atoms with E-state index in [0.717, 1.165) is 12.5 Å². The predicted molar refractivity (Wildman–Crippen MR) is 75.6 cm³/mol. The Morgan fingerprint density at radius 3 is 2.70 bits per heavy atom. The number of hydrogen-bond donors (Lipinski definition) is 2. The molecule has 20 heavy (non-hydrogen) atoms. The van der Waals surface area contributed by atoms with Crippen LogP contribution in [0.5, 0.6) is 5.75 Å². The van der Waals surface area contributed by atoms with Crippen molar-refractivity contribution in [3.8, 4) is 5.75 Å². The summed E-state index contributed by atoms with van der Waals surface area (Å²) < 4.78 is 5.20. The Balaban J connectivity index is 2.18. The average Bonchev–Trinajstić information content (AvgIpc) is 3.14. The van der Waals surface area contributed by atoms with Crippen molar-refractivity contribution in [1.29, 1.82) is 0 Å². The number of carbonyl (C=O) groups excluding carboxylic acids is 1. The normalized spacial score (nSPS) is 20.7. The molecule has 0 bridgehead atoms. The van der Waals surface area contributed by atoms with Crippen LogP contribution in [-0.2, 0) is 9.59 Å². The number of carbonyl (C=O) groups is 2. The lowest BCUT2D eigenvalue weighted by Crippen LogP contribution is -2.15. The number of carboxylic acid groups (broad SMARTS) is 1. The second kappa shape index (κ2) is 5.77. The van der Waals surface area contributed by atoms with Crippen molar-refractivity contribution in [3.63, 3.8) is 0 Å². The number of ether oxygens (including phenoxy) is 1. The number of aliphatic carboxylic acids is 1. The molecule has 2 atom stereocenters. The van der Waals surface area contributed by atoms with E-state index in [4.69, 9.17) is 9.84 Å². The van der Waals surface area contributed by atoms with Crippen molar-refractivity contribution in [1.82, 2.24) is 0 Å². The van der Waals surface area contributed by atoms with Gasteiger partial charge in [0.25, 0.3) is 0 Å². The van der Waals surface area contributed by atoms with Gasteiger partial charge in [0.2, 0.25) is 5.91 Å². The van der Waals surface area contributed by atoms with E-state index >= 15 is 0 Å². The van der Waals surface area contributed by atoms with Gasteiger partial charge in [-0.05, 0) is 36.1 Å². The van der Waals surface area contributed by atoms with E-state index in [1.165, 1.54) is 13.2 Å². The van der Waals surface area contributed by atoms with Crippen LogP contribution in [0.3, 0.4) is 0 Å². The molecule has 5 heteroatoms. The standard InChI is InChI=1S/C15H17NO4/c1-9-7-11(9)15(19)16-12-8-10(4-6-14(17)18)3-5-13(12)20-2/h3-6,8-9,11H,7H2,1-2H3,(H,16,19)(H,17,18). The van der Waals surface area contributed by atoms with Crippen molar-refractivity contribution < 1.29 is 19.4 Å². The molecule has 1 saturated carbocycles. The Labute approximate surface area is 117 Å². The second-order valence-corrected chi connectivity index (χ2v) is 4.94. The first-order chi connectivity index (χ1) is 9.51. The summed E-state index contributed by atoms with van der Waals surface area (Å²) in [5, 5.41) is 11.5. The van der Waals surface area contributed by atoms with Crippen LogP contribution < -0.4 is 10.1 Å². The smallest absolute Gasteiger partial charge is 0.328 e. The fraction of sp³-hybridized carbons (Fsp3) is 0.333. The van der Waals surface area contributed by atoms with Crippen LogP contribution in [0.4, 0.5) is 5.69 Å². The van der Waals surface area contributed by atoms with Gasteiger partial charge >= 0.3 is 5.97 Å². The summed E-state index contributed by atoms with van der Waals surface area (Å²) in [6, 6.07) is 5.13. The van der Waals surface area contributed by atoms with Crippen molar-refractivity contribution >= 4 is 23.6 Å². The maximum atomic E-state index is 12.0. The van der Waals surface area contributed by atoms with E-state index in [-0.39, 0.29) is 11.8 Å². The average molecular weight is 275 g/mol. The van der Waals surface area contributed by atoms with Gasteiger partial charge in [-0.15, -0.1) is 0 Å². The maximum Gasteiger partial charge on any atom is 0.328 e. The summed E-state index contributed by atoms with van der Waals surface area (Å²) in [4.78, 5) is 22.5. The molecule has 0 heterocycles. The van der Waals surface area contributed by atoms with E-state index < -0.39 is 5.97 Å². The lowest BCUT2D eigenvalue weighted by molar-refractivity contribution is -0.131. The van der Waals surface area contributed by atoms with Gasteiger partial charge in [0.15, 0.2) is 0 Å². The van der Waals surface area contributed by atoms with Crippen LogP contribution in [0.1, 0.15) is 18.9 Å². The fourth-order valence-electron chi connectivity index (χ4n) is 2.01. The Hall–Kier alpha value is -2.30. The third-order valence-electron chi connectivity index (χ3n) is 3.35. The SMILES string of the molecule is COc1ccc(C=CC(=O)O)cc1NC(=O)C1CC1C. The highest BCUT2D eigenvalue weighted by atomic mass is 16.5. The first-order valence-corrected chi connectivity index (χ1v) is 6.41. The molecule has 0 spiro atoms. The van der Waals surface area contributed by atoms with Gasteiger partial charge in [0.1, 0.15) is 5.75 Å². The molecule has 5 nitrogen and oxygen atoms in total. The van der Waals surface area contributed by atoms with Gasteiger partial charge in [0, 0.05) is 12.0 Å². The minimum atomic E-state index is -1.02. The Morgan fingerprint density at radius 1 is 1.45 bits per heavy atom. The number of hydrogen-bond acceptors (Lipinski definition) is 3. The third-order valence-corrected chi connectivity index (χ3v) is 3.35. The van der Waals surface area contributed by atoms with Crippen molar-refractivity contribution in [2.24, 2.45) is 11.8 Å². The van der Waals surface area contributed by atoms with Gasteiger partial charge in [-0.25, -0.2) is 4.79 Å². The maximum absolute atomic E-state index is 12.0. The first-order valence-electron chi connectivity index (χ1n) is 6.41. The molecule has 2 rings (SSSR count). The molecule has 1 aliphatic carbocycles. The van der Waals surface area contributed by atoms with Gasteiger partial charge in [-0.3, -0.25) is 4.79 Å². The summed E-state index contributed by atoms with van der Waals surface area (Å²) >= 11 is 0. The number of benzene rings is 1. The van der Waals surface area contributed by atoms with Gasteiger partial charge in [-0.2, -0.15) is 0 Å². The highest BCUT2D eigenvalue weighted by molar-refractivity contribution is 5.96. The van der Waals surface area contributed by atoms with Crippen LogP contribution in [0, 0.1) is 11.8 Å². The topological polar surface area (TPSA) is 75.6 Å². The minimum Gasteiger partial charge on any atom is -0.495 e. The van der Waals surface area contributed by atoms with E-state index in [0.29, 0.717) is 22.9 Å². The van der Waals surface area contributed by atoms with Crippen LogP contribution in [0.15, 0.2) is 24.3 Å². The van der Waals surface area contributed by atoms with Gasteiger partial charge < -0.3 is 15.2 Å².